The maximum atomic E-state index is 11.4. The zero-order valence-electron chi connectivity index (χ0n) is 14.7. The smallest absolute Gasteiger partial charge is 0.335 e. The topological polar surface area (TPSA) is 68.7 Å². The highest BCUT2D eigenvalue weighted by Gasteiger charge is 2.15. The number of imidazole rings is 1. The van der Waals surface area contributed by atoms with Crippen molar-refractivity contribution in [3.63, 3.8) is 0 Å². The highest BCUT2D eigenvalue weighted by molar-refractivity contribution is 5.89. The minimum atomic E-state index is -0.997. The number of aromatic carboxylic acids is 1. The quantitative estimate of drug-likeness (QED) is 0.511. The van der Waals surface area contributed by atoms with E-state index in [-0.39, 0.29) is 12.2 Å². The Kier molecular flexibility index (Phi) is 4.48. The number of ether oxygens (including phenoxy) is 1. The number of hydrogen-bond donors (Lipinski definition) is 1. The van der Waals surface area contributed by atoms with Gasteiger partial charge in [-0.15, -0.1) is 0 Å². The first-order valence-electron chi connectivity index (χ1n) is 8.56. The van der Waals surface area contributed by atoms with Gasteiger partial charge < -0.3 is 9.84 Å². The van der Waals surface area contributed by atoms with Crippen LogP contribution in [0.2, 0.25) is 0 Å². The Bertz CT molecular complexity index is 1210. The molecule has 0 aliphatic carbocycles. The van der Waals surface area contributed by atoms with E-state index < -0.39 is 5.97 Å². The minimum absolute atomic E-state index is 0.187. The number of rotatable bonds is 5. The molecule has 4 rings (SSSR count). The summed E-state index contributed by atoms with van der Waals surface area (Å²) in [5.74, 6) is 0.328. The van der Waals surface area contributed by atoms with Gasteiger partial charge in [0.25, 0.3) is 0 Å². The molecule has 0 atom stereocenters. The third-order valence-electron chi connectivity index (χ3n) is 4.30. The van der Waals surface area contributed by atoms with Crippen LogP contribution < -0.4 is 4.74 Å². The Morgan fingerprint density at radius 2 is 1.89 bits per heavy atom. The predicted octanol–water partition coefficient (Wildman–Crippen LogP) is 4.85. The summed E-state index contributed by atoms with van der Waals surface area (Å²) in [7, 11) is 0. The molecule has 0 aliphatic rings. The van der Waals surface area contributed by atoms with Gasteiger partial charge in [0.2, 0.25) is 0 Å². The van der Waals surface area contributed by atoms with Gasteiger partial charge >= 0.3 is 5.97 Å². The molecule has 6 heteroatoms. The van der Waals surface area contributed by atoms with Crippen LogP contribution >= 0.6 is 0 Å². The number of carboxylic acids is 1. The summed E-state index contributed by atoms with van der Waals surface area (Å²) < 4.78 is 7.72. The summed E-state index contributed by atoms with van der Waals surface area (Å²) >= 11 is 0. The van der Waals surface area contributed by atoms with Crippen LogP contribution in [-0.2, 0) is 6.61 Å². The van der Waals surface area contributed by atoms with Crippen molar-refractivity contribution in [2.75, 3.05) is 0 Å². The molecular formula is C22H15N3O3. The maximum absolute atomic E-state index is 11.4. The fraction of sp³-hybridized carbons (Fsp3) is 0.0455. The third-order valence-corrected chi connectivity index (χ3v) is 4.30. The first-order valence-corrected chi connectivity index (χ1v) is 8.56. The Hall–Kier alpha value is -4.11. The molecule has 0 unspecified atom stereocenters. The fourth-order valence-electron chi connectivity index (χ4n) is 3.02. The van der Waals surface area contributed by atoms with Crippen molar-refractivity contribution >= 4 is 22.7 Å². The van der Waals surface area contributed by atoms with Crippen LogP contribution in [0.15, 0.2) is 72.8 Å². The average Bonchev–Trinajstić information content (AvgIpc) is 3.10. The van der Waals surface area contributed by atoms with Crippen LogP contribution in [0.5, 0.6) is 5.75 Å². The molecule has 136 valence electrons. The molecule has 3 aromatic carbocycles. The van der Waals surface area contributed by atoms with Crippen LogP contribution in [0.3, 0.4) is 0 Å². The number of nitrogens with zero attached hydrogens (tertiary/aromatic N) is 3. The van der Waals surface area contributed by atoms with Crippen molar-refractivity contribution in [1.29, 1.82) is 0 Å². The van der Waals surface area contributed by atoms with E-state index in [4.69, 9.17) is 11.3 Å². The molecule has 0 saturated heterocycles. The molecule has 1 aromatic heterocycles. The first kappa shape index (κ1) is 17.3. The molecule has 0 amide bonds. The fourth-order valence-corrected chi connectivity index (χ4v) is 3.02. The van der Waals surface area contributed by atoms with Crippen molar-refractivity contribution in [3.8, 4) is 11.4 Å². The zero-order valence-corrected chi connectivity index (χ0v) is 14.7. The van der Waals surface area contributed by atoms with Crippen LogP contribution in [0.25, 0.3) is 21.6 Å². The maximum Gasteiger partial charge on any atom is 0.335 e. The molecule has 6 nitrogen and oxygen atoms in total. The molecule has 1 N–H and O–H groups in total. The second kappa shape index (κ2) is 7.25. The number of carboxylic acid groups (broad SMARTS) is 1. The molecule has 28 heavy (non-hydrogen) atoms. The van der Waals surface area contributed by atoms with Crippen molar-refractivity contribution in [2.24, 2.45) is 0 Å². The minimum Gasteiger partial charge on any atom is -0.486 e. The van der Waals surface area contributed by atoms with Gasteiger partial charge in [-0.3, -0.25) is 4.57 Å². The normalized spacial score (nSPS) is 10.5. The number of fused-ring (bicyclic) bond motifs is 1. The van der Waals surface area contributed by atoms with Gasteiger partial charge in [-0.2, -0.15) is 0 Å². The highest BCUT2D eigenvalue weighted by atomic mass is 16.5. The molecular weight excluding hydrogens is 354 g/mol. The number of para-hydroxylation sites is 1. The summed E-state index contributed by atoms with van der Waals surface area (Å²) in [5, 5.41) is 9.33. The molecule has 0 saturated carbocycles. The van der Waals surface area contributed by atoms with E-state index in [2.05, 4.69) is 9.83 Å². The third kappa shape index (κ3) is 3.29. The Morgan fingerprint density at radius 3 is 2.64 bits per heavy atom. The van der Waals surface area contributed by atoms with Gasteiger partial charge in [-0.25, -0.2) is 14.6 Å². The van der Waals surface area contributed by atoms with Gasteiger partial charge in [0.15, 0.2) is 11.5 Å². The SMILES string of the molecule is [C-]#[N+]c1ccc2c(c1)nc(COc1ccccc1)n2-c1cccc(C(=O)O)c1. The van der Waals surface area contributed by atoms with E-state index in [0.29, 0.717) is 28.5 Å². The van der Waals surface area contributed by atoms with E-state index in [9.17, 15) is 9.90 Å². The van der Waals surface area contributed by atoms with Gasteiger partial charge in [0, 0.05) is 5.69 Å². The van der Waals surface area contributed by atoms with Crippen molar-refractivity contribution in [1.82, 2.24) is 9.55 Å². The van der Waals surface area contributed by atoms with Crippen molar-refractivity contribution in [2.45, 2.75) is 6.61 Å². The van der Waals surface area contributed by atoms with E-state index in [1.165, 1.54) is 0 Å². The van der Waals surface area contributed by atoms with Crippen molar-refractivity contribution in [3.05, 3.63) is 95.6 Å². The lowest BCUT2D eigenvalue weighted by atomic mass is 10.2. The van der Waals surface area contributed by atoms with E-state index in [0.717, 1.165) is 5.52 Å². The van der Waals surface area contributed by atoms with E-state index >= 15 is 0 Å². The van der Waals surface area contributed by atoms with Gasteiger partial charge in [0.05, 0.1) is 23.2 Å². The lowest BCUT2D eigenvalue weighted by Crippen LogP contribution is -2.07. The largest absolute Gasteiger partial charge is 0.486 e. The standard InChI is InChI=1S/C22H15N3O3/c1-23-16-10-11-20-19(13-16)24-21(14-28-18-8-3-2-4-9-18)25(20)17-7-5-6-15(12-17)22(26)27/h2-13H,14H2,(H,26,27). The predicted molar refractivity (Wildman–Crippen MR) is 105 cm³/mol. The van der Waals surface area contributed by atoms with Crippen LogP contribution in [-0.4, -0.2) is 20.6 Å². The summed E-state index contributed by atoms with van der Waals surface area (Å²) in [4.78, 5) is 19.5. The summed E-state index contributed by atoms with van der Waals surface area (Å²) in [5.41, 5.74) is 2.78. The van der Waals surface area contributed by atoms with Gasteiger partial charge in [0.1, 0.15) is 12.4 Å². The summed E-state index contributed by atoms with van der Waals surface area (Å²) in [6.07, 6.45) is 0. The van der Waals surface area contributed by atoms with Gasteiger partial charge in [-0.05, 0) is 42.5 Å². The molecule has 0 fully saturated rings. The molecule has 0 spiro atoms. The second-order valence-corrected chi connectivity index (χ2v) is 6.11. The Balaban J connectivity index is 1.83. The van der Waals surface area contributed by atoms with Crippen LogP contribution in [0, 0.1) is 6.57 Å². The lowest BCUT2D eigenvalue weighted by Gasteiger charge is -2.11. The Labute approximate surface area is 161 Å². The zero-order chi connectivity index (χ0) is 19.5. The summed E-state index contributed by atoms with van der Waals surface area (Å²) in [6.45, 7) is 7.41. The number of benzene rings is 3. The molecule has 1 heterocycles. The molecule has 0 bridgehead atoms. The van der Waals surface area contributed by atoms with Crippen LogP contribution in [0.4, 0.5) is 5.69 Å². The first-order chi connectivity index (χ1) is 13.7. The van der Waals surface area contributed by atoms with Gasteiger partial charge in [-0.1, -0.05) is 30.3 Å². The Morgan fingerprint density at radius 1 is 1.07 bits per heavy atom. The number of hydrogen-bond acceptors (Lipinski definition) is 3. The number of aromatic nitrogens is 2. The summed E-state index contributed by atoms with van der Waals surface area (Å²) in [6, 6.07) is 21.3. The van der Waals surface area contributed by atoms with Crippen LogP contribution in [0.1, 0.15) is 16.2 Å². The average molecular weight is 369 g/mol. The molecule has 0 aliphatic heterocycles. The second-order valence-electron chi connectivity index (χ2n) is 6.11. The lowest BCUT2D eigenvalue weighted by molar-refractivity contribution is 0.0697. The monoisotopic (exact) mass is 369 g/mol. The molecule has 0 radical (unpaired) electrons. The molecule has 4 aromatic rings. The van der Waals surface area contributed by atoms with E-state index in [1.807, 2.05) is 47.0 Å². The highest BCUT2D eigenvalue weighted by Crippen LogP contribution is 2.27. The van der Waals surface area contributed by atoms with Crippen molar-refractivity contribution < 1.29 is 14.6 Å². The number of carbonyl (C=O) groups is 1. The van der Waals surface area contributed by atoms with E-state index in [1.54, 1.807) is 30.3 Å².